The monoisotopic (exact) mass is 200 g/mol. The van der Waals surface area contributed by atoms with E-state index in [0.717, 1.165) is 25.2 Å². The normalized spacial score (nSPS) is 14.9. The molecule has 0 spiro atoms. The summed E-state index contributed by atoms with van der Waals surface area (Å²) >= 11 is 0. The van der Waals surface area contributed by atoms with E-state index >= 15 is 0 Å². The summed E-state index contributed by atoms with van der Waals surface area (Å²) in [5, 5.41) is 6.85. The lowest BCUT2D eigenvalue weighted by molar-refractivity contribution is 0.111. The summed E-state index contributed by atoms with van der Waals surface area (Å²) in [6.07, 6.45) is 4.80. The number of aromatic amines is 1. The summed E-state index contributed by atoms with van der Waals surface area (Å²) in [4.78, 5) is 0. The molecule has 15 heavy (non-hydrogen) atoms. The van der Waals surface area contributed by atoms with E-state index in [2.05, 4.69) is 28.4 Å². The van der Waals surface area contributed by atoms with Crippen molar-refractivity contribution >= 4 is 0 Å². The second-order valence-corrected chi connectivity index (χ2v) is 3.73. The number of nitrogens with one attached hydrogen (secondary N) is 1. The van der Waals surface area contributed by atoms with Gasteiger partial charge in [-0.1, -0.05) is 18.2 Å². The third kappa shape index (κ3) is 1.45. The van der Waals surface area contributed by atoms with Gasteiger partial charge in [0.15, 0.2) is 0 Å². The SMILES string of the molecule is c1cc2c(c(-c3cn[nH]c3)c1)CCOC2. The van der Waals surface area contributed by atoms with Crippen molar-refractivity contribution in [2.45, 2.75) is 13.0 Å². The average Bonchev–Trinajstić information content (AvgIpc) is 2.82. The Hall–Kier alpha value is -1.61. The first-order valence-electron chi connectivity index (χ1n) is 5.13. The quantitative estimate of drug-likeness (QED) is 0.766. The van der Waals surface area contributed by atoms with E-state index < -0.39 is 0 Å². The number of H-pyrrole nitrogens is 1. The Labute approximate surface area is 88.1 Å². The molecule has 2 heterocycles. The number of hydrogen-bond acceptors (Lipinski definition) is 2. The number of nitrogens with zero attached hydrogens (tertiary/aromatic N) is 1. The van der Waals surface area contributed by atoms with Crippen molar-refractivity contribution < 1.29 is 4.74 Å². The molecule has 3 rings (SSSR count). The molecule has 2 aromatic rings. The summed E-state index contributed by atoms with van der Waals surface area (Å²) in [6.45, 7) is 1.56. The van der Waals surface area contributed by atoms with Gasteiger partial charge in [-0.3, -0.25) is 5.10 Å². The van der Waals surface area contributed by atoms with Gasteiger partial charge in [0.1, 0.15) is 0 Å². The first-order chi connectivity index (χ1) is 7.45. The minimum Gasteiger partial charge on any atom is -0.376 e. The zero-order chi connectivity index (χ0) is 10.1. The van der Waals surface area contributed by atoms with Crippen LogP contribution in [0.1, 0.15) is 11.1 Å². The fourth-order valence-electron chi connectivity index (χ4n) is 2.09. The molecule has 0 bridgehead atoms. The maximum atomic E-state index is 5.44. The van der Waals surface area contributed by atoms with Gasteiger partial charge in [0.25, 0.3) is 0 Å². The number of aromatic nitrogens is 2. The lowest BCUT2D eigenvalue weighted by atomic mass is 9.94. The van der Waals surface area contributed by atoms with Gasteiger partial charge in [-0.25, -0.2) is 0 Å². The predicted octanol–water partition coefficient (Wildman–Crippen LogP) is 2.15. The Kier molecular flexibility index (Phi) is 2.03. The van der Waals surface area contributed by atoms with Gasteiger partial charge in [0.2, 0.25) is 0 Å². The second kappa shape index (κ2) is 3.51. The lowest BCUT2D eigenvalue weighted by Gasteiger charge is -2.19. The van der Waals surface area contributed by atoms with E-state index in [1.54, 1.807) is 0 Å². The third-order valence-electron chi connectivity index (χ3n) is 2.84. The smallest absolute Gasteiger partial charge is 0.0719 e. The van der Waals surface area contributed by atoms with E-state index in [1.165, 1.54) is 16.7 Å². The molecule has 1 N–H and O–H groups in total. The standard InChI is InChI=1S/C12H12N2O/c1-2-9-8-15-5-4-12(9)11(3-1)10-6-13-14-7-10/h1-3,6-7H,4-5,8H2,(H,13,14). The number of rotatable bonds is 1. The van der Waals surface area contributed by atoms with E-state index in [-0.39, 0.29) is 0 Å². The van der Waals surface area contributed by atoms with Crippen molar-refractivity contribution in [3.63, 3.8) is 0 Å². The van der Waals surface area contributed by atoms with E-state index in [0.29, 0.717) is 0 Å². The molecule has 1 aromatic carbocycles. The van der Waals surface area contributed by atoms with E-state index in [1.807, 2.05) is 12.4 Å². The Morgan fingerprint density at radius 3 is 3.20 bits per heavy atom. The van der Waals surface area contributed by atoms with Crippen molar-refractivity contribution in [2.24, 2.45) is 0 Å². The fraction of sp³-hybridized carbons (Fsp3) is 0.250. The van der Waals surface area contributed by atoms with E-state index in [9.17, 15) is 0 Å². The molecule has 3 nitrogen and oxygen atoms in total. The third-order valence-corrected chi connectivity index (χ3v) is 2.84. The van der Waals surface area contributed by atoms with Crippen LogP contribution in [-0.2, 0) is 17.8 Å². The molecule has 0 saturated carbocycles. The summed E-state index contributed by atoms with van der Waals surface area (Å²) in [5.41, 5.74) is 5.16. The highest BCUT2D eigenvalue weighted by molar-refractivity contribution is 5.67. The first kappa shape index (κ1) is 8.68. The van der Waals surface area contributed by atoms with Crippen molar-refractivity contribution in [1.82, 2.24) is 10.2 Å². The maximum Gasteiger partial charge on any atom is 0.0719 e. The van der Waals surface area contributed by atoms with Crippen molar-refractivity contribution in [3.8, 4) is 11.1 Å². The van der Waals surface area contributed by atoms with Gasteiger partial charge in [-0.2, -0.15) is 5.10 Å². The topological polar surface area (TPSA) is 37.9 Å². The Morgan fingerprint density at radius 2 is 2.33 bits per heavy atom. The fourth-order valence-corrected chi connectivity index (χ4v) is 2.09. The van der Waals surface area contributed by atoms with Crippen molar-refractivity contribution in [3.05, 3.63) is 41.7 Å². The van der Waals surface area contributed by atoms with Crippen LogP contribution in [-0.4, -0.2) is 16.8 Å². The molecule has 0 amide bonds. The molecule has 1 aliphatic rings. The van der Waals surface area contributed by atoms with Crippen LogP contribution in [0.4, 0.5) is 0 Å². The van der Waals surface area contributed by atoms with Crippen LogP contribution in [0.3, 0.4) is 0 Å². The zero-order valence-electron chi connectivity index (χ0n) is 8.36. The Balaban J connectivity index is 2.15. The molecular formula is C12H12N2O. The van der Waals surface area contributed by atoms with Crippen molar-refractivity contribution in [1.29, 1.82) is 0 Å². The van der Waals surface area contributed by atoms with Crippen LogP contribution in [0.5, 0.6) is 0 Å². The minimum atomic E-state index is 0.737. The van der Waals surface area contributed by atoms with Crippen LogP contribution in [0.15, 0.2) is 30.6 Å². The maximum absolute atomic E-state index is 5.44. The number of hydrogen-bond donors (Lipinski definition) is 1. The zero-order valence-corrected chi connectivity index (χ0v) is 8.36. The molecule has 76 valence electrons. The first-order valence-corrected chi connectivity index (χ1v) is 5.13. The lowest BCUT2D eigenvalue weighted by Crippen LogP contribution is -2.10. The highest BCUT2D eigenvalue weighted by Gasteiger charge is 2.14. The van der Waals surface area contributed by atoms with Crippen molar-refractivity contribution in [2.75, 3.05) is 6.61 Å². The van der Waals surface area contributed by atoms with Gasteiger partial charge < -0.3 is 4.74 Å². The van der Waals surface area contributed by atoms with Gasteiger partial charge >= 0.3 is 0 Å². The molecule has 0 aliphatic carbocycles. The van der Waals surface area contributed by atoms with Crippen LogP contribution in [0.2, 0.25) is 0 Å². The summed E-state index contributed by atoms with van der Waals surface area (Å²) in [5.74, 6) is 0. The average molecular weight is 200 g/mol. The Morgan fingerprint density at radius 1 is 1.33 bits per heavy atom. The summed E-state index contributed by atoms with van der Waals surface area (Å²) in [6, 6.07) is 6.36. The largest absolute Gasteiger partial charge is 0.376 e. The van der Waals surface area contributed by atoms with Crippen LogP contribution < -0.4 is 0 Å². The molecule has 1 aromatic heterocycles. The van der Waals surface area contributed by atoms with Crippen LogP contribution in [0, 0.1) is 0 Å². The molecule has 0 atom stereocenters. The molecule has 0 unspecified atom stereocenters. The van der Waals surface area contributed by atoms with E-state index in [4.69, 9.17) is 4.74 Å². The molecule has 0 fully saturated rings. The van der Waals surface area contributed by atoms with Gasteiger partial charge in [-0.15, -0.1) is 0 Å². The van der Waals surface area contributed by atoms with Crippen LogP contribution in [0.25, 0.3) is 11.1 Å². The predicted molar refractivity (Wildman–Crippen MR) is 57.4 cm³/mol. The highest BCUT2D eigenvalue weighted by Crippen LogP contribution is 2.28. The van der Waals surface area contributed by atoms with Gasteiger partial charge in [0.05, 0.1) is 19.4 Å². The Bertz CT molecular complexity index is 462. The molecule has 0 saturated heterocycles. The van der Waals surface area contributed by atoms with Crippen LogP contribution >= 0.6 is 0 Å². The minimum absolute atomic E-state index is 0.737. The summed E-state index contributed by atoms with van der Waals surface area (Å²) in [7, 11) is 0. The number of benzene rings is 1. The van der Waals surface area contributed by atoms with Gasteiger partial charge in [0, 0.05) is 11.8 Å². The number of ether oxygens (including phenoxy) is 1. The molecule has 1 aliphatic heterocycles. The summed E-state index contributed by atoms with van der Waals surface area (Å²) < 4.78 is 5.44. The second-order valence-electron chi connectivity index (χ2n) is 3.73. The molecular weight excluding hydrogens is 188 g/mol. The highest BCUT2D eigenvalue weighted by atomic mass is 16.5. The van der Waals surface area contributed by atoms with Gasteiger partial charge in [-0.05, 0) is 23.1 Å². The molecule has 0 radical (unpaired) electrons. The number of fused-ring (bicyclic) bond motifs is 1. The molecule has 3 heteroatoms.